The van der Waals surface area contributed by atoms with Crippen LogP contribution in [-0.4, -0.2) is 25.2 Å². The van der Waals surface area contributed by atoms with Crippen LogP contribution in [0.4, 0.5) is 0 Å². The molecule has 0 fully saturated rings. The summed E-state index contributed by atoms with van der Waals surface area (Å²) in [5.41, 5.74) is 1.59. The van der Waals surface area contributed by atoms with E-state index < -0.39 is 5.97 Å². The molecule has 0 bridgehead atoms. The Labute approximate surface area is 135 Å². The van der Waals surface area contributed by atoms with Crippen LogP contribution in [-0.2, 0) is 6.54 Å². The summed E-state index contributed by atoms with van der Waals surface area (Å²) in [6.45, 7) is 0.915. The van der Waals surface area contributed by atoms with Crippen LogP contribution >= 0.6 is 11.8 Å². The van der Waals surface area contributed by atoms with Gasteiger partial charge in [0, 0.05) is 15.4 Å². The molecule has 21 heavy (non-hydrogen) atoms. The smallest absolute Gasteiger partial charge is 0.336 e. The lowest BCUT2D eigenvalue weighted by Crippen LogP contribution is -3.04. The lowest BCUT2D eigenvalue weighted by molar-refractivity contribution is -0.872. The molecule has 0 amide bonds. The summed E-state index contributed by atoms with van der Waals surface area (Å²) in [6, 6.07) is 15.3. The van der Waals surface area contributed by atoms with Gasteiger partial charge in [0.05, 0.1) is 19.7 Å². The fourth-order valence-electron chi connectivity index (χ4n) is 1.98. The van der Waals surface area contributed by atoms with Gasteiger partial charge >= 0.3 is 5.97 Å². The van der Waals surface area contributed by atoms with Crippen molar-refractivity contribution in [3.63, 3.8) is 0 Å². The minimum atomic E-state index is -0.885. The molecule has 0 saturated carbocycles. The normalized spacial score (nSPS) is 10.2. The number of quaternary nitrogens is 1. The van der Waals surface area contributed by atoms with Crippen molar-refractivity contribution in [3.05, 3.63) is 59.7 Å². The van der Waals surface area contributed by atoms with Crippen molar-refractivity contribution in [1.29, 1.82) is 0 Å². The predicted molar refractivity (Wildman–Crippen MR) is 80.5 cm³/mol. The third-order valence-corrected chi connectivity index (χ3v) is 4.05. The molecular formula is C16H18ClNO2S. The van der Waals surface area contributed by atoms with E-state index in [1.165, 1.54) is 22.2 Å². The maximum atomic E-state index is 11.3. The fourth-order valence-corrected chi connectivity index (χ4v) is 3.05. The highest BCUT2D eigenvalue weighted by molar-refractivity contribution is 7.99. The van der Waals surface area contributed by atoms with Crippen molar-refractivity contribution in [2.24, 2.45) is 0 Å². The molecule has 2 aromatic rings. The number of carboxylic acids is 1. The molecule has 3 nitrogen and oxygen atoms in total. The first-order valence-electron chi connectivity index (χ1n) is 6.45. The van der Waals surface area contributed by atoms with Gasteiger partial charge in [-0.1, -0.05) is 42.1 Å². The van der Waals surface area contributed by atoms with Gasteiger partial charge in [-0.15, -0.1) is 0 Å². The third-order valence-electron chi connectivity index (χ3n) is 2.85. The number of nitrogens with one attached hydrogen (secondary N) is 1. The lowest BCUT2D eigenvalue weighted by atomic mass is 10.2. The number of hydrogen-bond acceptors (Lipinski definition) is 2. The summed E-state index contributed by atoms with van der Waals surface area (Å²) in [4.78, 5) is 14.5. The zero-order valence-corrected chi connectivity index (χ0v) is 13.5. The third kappa shape index (κ3) is 4.77. The second kappa shape index (κ2) is 8.08. The molecule has 0 aliphatic heterocycles. The number of carbonyl (C=O) groups is 1. The fraction of sp³-hybridized carbons (Fsp3) is 0.188. The number of rotatable bonds is 5. The van der Waals surface area contributed by atoms with Gasteiger partial charge in [0.1, 0.15) is 6.54 Å². The number of benzene rings is 2. The van der Waals surface area contributed by atoms with Gasteiger partial charge in [-0.05, 0) is 18.2 Å². The van der Waals surface area contributed by atoms with Crippen LogP contribution in [0, 0.1) is 0 Å². The maximum absolute atomic E-state index is 11.3. The van der Waals surface area contributed by atoms with Crippen molar-refractivity contribution >= 4 is 17.7 Å². The summed E-state index contributed by atoms with van der Waals surface area (Å²) in [5, 5.41) is 9.24. The molecule has 2 aromatic carbocycles. The van der Waals surface area contributed by atoms with Gasteiger partial charge in [-0.25, -0.2) is 4.79 Å². The standard InChI is InChI=1S/C16H17NO2S.ClH/c1-17(2)11-12-7-3-5-9-14(12)20-15-10-6-4-8-13(15)16(18)19;/h3-10H,11H2,1-2H3,(H,18,19);1H. The molecule has 112 valence electrons. The lowest BCUT2D eigenvalue weighted by Gasteiger charge is -2.12. The highest BCUT2D eigenvalue weighted by Gasteiger charge is 2.12. The van der Waals surface area contributed by atoms with Crippen molar-refractivity contribution in [2.45, 2.75) is 16.3 Å². The molecule has 0 aliphatic rings. The van der Waals surface area contributed by atoms with E-state index in [1.54, 1.807) is 12.1 Å². The van der Waals surface area contributed by atoms with E-state index in [2.05, 4.69) is 20.2 Å². The van der Waals surface area contributed by atoms with E-state index in [-0.39, 0.29) is 12.4 Å². The van der Waals surface area contributed by atoms with E-state index in [0.717, 1.165) is 16.3 Å². The van der Waals surface area contributed by atoms with Crippen LogP contribution in [0.5, 0.6) is 0 Å². The number of halogens is 1. The van der Waals surface area contributed by atoms with E-state index >= 15 is 0 Å². The SMILES string of the molecule is C[NH+](C)Cc1ccccc1Sc1ccccc1C(=O)O.[Cl-]. The zero-order chi connectivity index (χ0) is 14.5. The minimum Gasteiger partial charge on any atom is -1.00 e. The average molecular weight is 324 g/mol. The molecule has 0 atom stereocenters. The summed E-state index contributed by atoms with van der Waals surface area (Å²) in [6.07, 6.45) is 0. The minimum absolute atomic E-state index is 0. The van der Waals surface area contributed by atoms with Crippen molar-refractivity contribution in [3.8, 4) is 0 Å². The molecule has 0 heterocycles. The molecule has 0 saturated heterocycles. The summed E-state index contributed by atoms with van der Waals surface area (Å²) in [7, 11) is 4.21. The van der Waals surface area contributed by atoms with Crippen LogP contribution in [0.3, 0.4) is 0 Å². The number of hydrogen-bond donors (Lipinski definition) is 2. The van der Waals surface area contributed by atoms with Crippen LogP contribution < -0.4 is 17.3 Å². The van der Waals surface area contributed by atoms with Crippen LogP contribution in [0.15, 0.2) is 58.3 Å². The Kier molecular flexibility index (Phi) is 6.75. The van der Waals surface area contributed by atoms with Gasteiger partial charge < -0.3 is 22.4 Å². The molecule has 0 aromatic heterocycles. The number of carboxylic acid groups (broad SMARTS) is 1. The zero-order valence-electron chi connectivity index (χ0n) is 12.0. The van der Waals surface area contributed by atoms with Gasteiger partial charge in [0.2, 0.25) is 0 Å². The van der Waals surface area contributed by atoms with Gasteiger partial charge in [0.25, 0.3) is 0 Å². The molecule has 0 aliphatic carbocycles. The van der Waals surface area contributed by atoms with Gasteiger partial charge in [-0.3, -0.25) is 0 Å². The average Bonchev–Trinajstić information content (AvgIpc) is 2.41. The first-order chi connectivity index (χ1) is 9.58. The van der Waals surface area contributed by atoms with Gasteiger partial charge in [-0.2, -0.15) is 0 Å². The summed E-state index contributed by atoms with van der Waals surface area (Å²) in [5.74, 6) is -0.885. The van der Waals surface area contributed by atoms with Crippen LogP contribution in [0.25, 0.3) is 0 Å². The summed E-state index contributed by atoms with van der Waals surface area (Å²) >= 11 is 1.52. The van der Waals surface area contributed by atoms with Crippen LogP contribution in [0.1, 0.15) is 15.9 Å². The van der Waals surface area contributed by atoms with Crippen molar-refractivity contribution < 1.29 is 27.2 Å². The Balaban J connectivity index is 0.00000220. The summed E-state index contributed by atoms with van der Waals surface area (Å²) < 4.78 is 0. The van der Waals surface area contributed by atoms with E-state index in [1.807, 2.05) is 30.3 Å². The molecule has 0 radical (unpaired) electrons. The van der Waals surface area contributed by atoms with E-state index in [9.17, 15) is 9.90 Å². The Hall–Kier alpha value is -1.49. The van der Waals surface area contributed by atoms with Crippen molar-refractivity contribution in [2.75, 3.05) is 14.1 Å². The molecular weight excluding hydrogens is 306 g/mol. The first kappa shape index (κ1) is 17.6. The van der Waals surface area contributed by atoms with E-state index in [0.29, 0.717) is 5.56 Å². The molecule has 0 spiro atoms. The number of aromatic carboxylic acids is 1. The quantitative estimate of drug-likeness (QED) is 0.756. The Bertz CT molecular complexity index is 617. The molecule has 0 unspecified atom stereocenters. The van der Waals surface area contributed by atoms with Gasteiger partial charge in [0.15, 0.2) is 0 Å². The molecule has 2 rings (SSSR count). The maximum Gasteiger partial charge on any atom is 0.336 e. The Morgan fingerprint density at radius 2 is 1.62 bits per heavy atom. The first-order valence-corrected chi connectivity index (χ1v) is 7.26. The van der Waals surface area contributed by atoms with Crippen molar-refractivity contribution in [1.82, 2.24) is 0 Å². The molecule has 2 N–H and O–H groups in total. The Morgan fingerprint density at radius 3 is 2.24 bits per heavy atom. The largest absolute Gasteiger partial charge is 1.00 e. The second-order valence-corrected chi connectivity index (χ2v) is 5.98. The highest BCUT2D eigenvalue weighted by Crippen LogP contribution is 2.32. The van der Waals surface area contributed by atoms with E-state index in [4.69, 9.17) is 0 Å². The second-order valence-electron chi connectivity index (χ2n) is 4.89. The predicted octanol–water partition coefficient (Wildman–Crippen LogP) is -0.815. The monoisotopic (exact) mass is 323 g/mol. The Morgan fingerprint density at radius 1 is 1.05 bits per heavy atom. The highest BCUT2D eigenvalue weighted by atomic mass is 35.5. The molecule has 5 heteroatoms. The van der Waals surface area contributed by atoms with Crippen LogP contribution in [0.2, 0.25) is 0 Å². The topological polar surface area (TPSA) is 41.7 Å².